The summed E-state index contributed by atoms with van der Waals surface area (Å²) in [7, 11) is 3.45. The predicted molar refractivity (Wildman–Crippen MR) is 74.9 cm³/mol. The van der Waals surface area contributed by atoms with Gasteiger partial charge in [0.05, 0.1) is 23.5 Å². The fourth-order valence-corrected chi connectivity index (χ4v) is 1.81. The van der Waals surface area contributed by atoms with Crippen LogP contribution in [0.4, 0.5) is 11.5 Å². The van der Waals surface area contributed by atoms with Crippen LogP contribution in [0.25, 0.3) is 0 Å². The first kappa shape index (κ1) is 14.6. The van der Waals surface area contributed by atoms with E-state index < -0.39 is 0 Å². The van der Waals surface area contributed by atoms with Crippen LogP contribution in [-0.4, -0.2) is 43.0 Å². The molecule has 0 atom stereocenters. The summed E-state index contributed by atoms with van der Waals surface area (Å²) in [6.45, 7) is 3.02. The van der Waals surface area contributed by atoms with Crippen molar-refractivity contribution in [1.29, 1.82) is 0 Å². The minimum Gasteiger partial charge on any atom is -0.397 e. The molecule has 0 aliphatic rings. The van der Waals surface area contributed by atoms with Crippen LogP contribution in [0.1, 0.15) is 13.3 Å². The van der Waals surface area contributed by atoms with E-state index >= 15 is 0 Å². The molecule has 0 saturated heterocycles. The molecule has 2 N–H and O–H groups in total. The molecule has 0 unspecified atom stereocenters. The molecular formula is C12H19ClN4O. The minimum absolute atomic E-state index is 0.0122. The number of halogens is 1. The van der Waals surface area contributed by atoms with Gasteiger partial charge in [-0.2, -0.15) is 0 Å². The average molecular weight is 271 g/mol. The van der Waals surface area contributed by atoms with E-state index in [0.717, 1.165) is 13.0 Å². The van der Waals surface area contributed by atoms with Crippen LogP contribution >= 0.6 is 11.6 Å². The van der Waals surface area contributed by atoms with Gasteiger partial charge in [-0.15, -0.1) is 0 Å². The Labute approximate surface area is 113 Å². The Kier molecular flexibility index (Phi) is 5.22. The smallest absolute Gasteiger partial charge is 0.241 e. The largest absolute Gasteiger partial charge is 0.397 e. The van der Waals surface area contributed by atoms with Crippen molar-refractivity contribution in [3.8, 4) is 0 Å². The van der Waals surface area contributed by atoms with Crippen molar-refractivity contribution >= 4 is 29.0 Å². The van der Waals surface area contributed by atoms with Crippen molar-refractivity contribution in [2.24, 2.45) is 0 Å². The number of aromatic nitrogens is 1. The molecule has 0 saturated carbocycles. The Balaban J connectivity index is 2.93. The van der Waals surface area contributed by atoms with Crippen LogP contribution in [0.15, 0.2) is 12.3 Å². The molecule has 1 rings (SSSR count). The fraction of sp³-hybridized carbons (Fsp3) is 0.500. The Bertz CT molecular complexity index is 423. The summed E-state index contributed by atoms with van der Waals surface area (Å²) >= 11 is 6.11. The van der Waals surface area contributed by atoms with Gasteiger partial charge in [0.1, 0.15) is 5.82 Å². The van der Waals surface area contributed by atoms with Crippen LogP contribution in [0.5, 0.6) is 0 Å². The second kappa shape index (κ2) is 6.44. The molecule has 5 nitrogen and oxygen atoms in total. The number of nitrogen functional groups attached to an aromatic ring is 1. The average Bonchev–Trinajstić information content (AvgIpc) is 2.28. The number of pyridine rings is 1. The first-order valence-electron chi connectivity index (χ1n) is 5.81. The number of carbonyl (C=O) groups is 1. The lowest BCUT2D eigenvalue weighted by Gasteiger charge is -2.25. The topological polar surface area (TPSA) is 62.5 Å². The second-order valence-electron chi connectivity index (χ2n) is 4.28. The maximum Gasteiger partial charge on any atom is 0.241 e. The highest BCUT2D eigenvalue weighted by Gasteiger charge is 2.16. The number of nitrogens with two attached hydrogens (primary N) is 1. The van der Waals surface area contributed by atoms with E-state index in [0.29, 0.717) is 16.5 Å². The molecule has 0 bridgehead atoms. The summed E-state index contributed by atoms with van der Waals surface area (Å²) in [5.74, 6) is 0.612. The van der Waals surface area contributed by atoms with Crippen LogP contribution in [0, 0.1) is 0 Å². The molecule has 0 radical (unpaired) electrons. The van der Waals surface area contributed by atoms with E-state index in [-0.39, 0.29) is 12.5 Å². The third-order valence-corrected chi connectivity index (χ3v) is 2.74. The predicted octanol–water partition coefficient (Wildman–Crippen LogP) is 1.62. The molecule has 1 aromatic rings. The Morgan fingerprint density at radius 1 is 1.50 bits per heavy atom. The van der Waals surface area contributed by atoms with Crippen molar-refractivity contribution in [2.75, 3.05) is 37.8 Å². The number of amides is 1. The van der Waals surface area contributed by atoms with E-state index in [1.165, 1.54) is 0 Å². The van der Waals surface area contributed by atoms with Crippen LogP contribution in [0.2, 0.25) is 5.02 Å². The normalized spacial score (nSPS) is 10.2. The first-order valence-corrected chi connectivity index (χ1v) is 6.19. The lowest BCUT2D eigenvalue weighted by atomic mass is 10.3. The third kappa shape index (κ3) is 3.77. The SMILES string of the molecule is CCCN(CC(=O)N(C)C)c1ncc(N)cc1Cl. The van der Waals surface area contributed by atoms with Crippen molar-refractivity contribution in [3.63, 3.8) is 0 Å². The van der Waals surface area contributed by atoms with E-state index in [2.05, 4.69) is 4.98 Å². The number of carbonyl (C=O) groups excluding carboxylic acids is 1. The molecule has 0 aromatic carbocycles. The lowest BCUT2D eigenvalue weighted by molar-refractivity contribution is -0.127. The van der Waals surface area contributed by atoms with Gasteiger partial charge >= 0.3 is 0 Å². The zero-order chi connectivity index (χ0) is 13.7. The molecule has 6 heteroatoms. The van der Waals surface area contributed by atoms with Gasteiger partial charge in [0, 0.05) is 20.6 Å². The van der Waals surface area contributed by atoms with Crippen LogP contribution in [0.3, 0.4) is 0 Å². The second-order valence-corrected chi connectivity index (χ2v) is 4.69. The van der Waals surface area contributed by atoms with Crippen molar-refractivity contribution in [1.82, 2.24) is 9.88 Å². The first-order chi connectivity index (χ1) is 8.45. The molecule has 0 aliphatic heterocycles. The van der Waals surface area contributed by atoms with Gasteiger partial charge < -0.3 is 15.5 Å². The van der Waals surface area contributed by atoms with E-state index in [1.54, 1.807) is 31.3 Å². The van der Waals surface area contributed by atoms with Gasteiger partial charge in [0.25, 0.3) is 0 Å². The van der Waals surface area contributed by atoms with Crippen molar-refractivity contribution in [3.05, 3.63) is 17.3 Å². The van der Waals surface area contributed by atoms with Crippen molar-refractivity contribution in [2.45, 2.75) is 13.3 Å². The molecule has 1 amide bonds. The van der Waals surface area contributed by atoms with Gasteiger partial charge in [-0.05, 0) is 12.5 Å². The monoisotopic (exact) mass is 270 g/mol. The highest BCUT2D eigenvalue weighted by atomic mass is 35.5. The standard InChI is InChI=1S/C12H19ClN4O/c1-4-5-17(8-11(18)16(2)3)12-10(13)6-9(14)7-15-12/h6-7H,4-5,8,14H2,1-3H3. The number of likely N-dealkylation sites (N-methyl/N-ethyl adjacent to an activating group) is 1. The van der Waals surface area contributed by atoms with E-state index in [9.17, 15) is 4.79 Å². The van der Waals surface area contributed by atoms with Gasteiger partial charge in [0.15, 0.2) is 0 Å². The number of hydrogen-bond acceptors (Lipinski definition) is 4. The summed E-state index contributed by atoms with van der Waals surface area (Å²) in [5.41, 5.74) is 6.12. The highest BCUT2D eigenvalue weighted by Crippen LogP contribution is 2.25. The maximum absolute atomic E-state index is 11.8. The van der Waals surface area contributed by atoms with E-state index in [4.69, 9.17) is 17.3 Å². The van der Waals surface area contributed by atoms with Crippen LogP contribution in [-0.2, 0) is 4.79 Å². The van der Waals surface area contributed by atoms with Gasteiger partial charge in [-0.3, -0.25) is 4.79 Å². The van der Waals surface area contributed by atoms with Gasteiger partial charge in [0.2, 0.25) is 5.91 Å². The van der Waals surface area contributed by atoms with Crippen LogP contribution < -0.4 is 10.6 Å². The molecule has 0 aliphatic carbocycles. The molecule has 18 heavy (non-hydrogen) atoms. The lowest BCUT2D eigenvalue weighted by Crippen LogP contribution is -2.37. The minimum atomic E-state index is 0.0122. The number of nitrogens with zero attached hydrogens (tertiary/aromatic N) is 3. The molecular weight excluding hydrogens is 252 g/mol. The molecule has 0 fully saturated rings. The highest BCUT2D eigenvalue weighted by molar-refractivity contribution is 6.33. The summed E-state index contributed by atoms with van der Waals surface area (Å²) < 4.78 is 0. The maximum atomic E-state index is 11.8. The van der Waals surface area contributed by atoms with Crippen molar-refractivity contribution < 1.29 is 4.79 Å². The zero-order valence-corrected chi connectivity index (χ0v) is 11.7. The summed E-state index contributed by atoms with van der Waals surface area (Å²) in [6.07, 6.45) is 2.45. The number of anilines is 2. The quantitative estimate of drug-likeness (QED) is 0.883. The molecule has 1 heterocycles. The molecule has 0 spiro atoms. The third-order valence-electron chi connectivity index (χ3n) is 2.46. The summed E-state index contributed by atoms with van der Waals surface area (Å²) in [6, 6.07) is 1.65. The Morgan fingerprint density at radius 3 is 2.67 bits per heavy atom. The molecule has 1 aromatic heterocycles. The van der Waals surface area contributed by atoms with Gasteiger partial charge in [-0.25, -0.2) is 4.98 Å². The fourth-order valence-electron chi connectivity index (χ4n) is 1.51. The number of rotatable bonds is 5. The zero-order valence-electron chi connectivity index (χ0n) is 11.0. The Hall–Kier alpha value is -1.49. The summed E-state index contributed by atoms with van der Waals surface area (Å²) in [4.78, 5) is 19.4. The summed E-state index contributed by atoms with van der Waals surface area (Å²) in [5, 5.41) is 0.468. The van der Waals surface area contributed by atoms with E-state index in [1.807, 2.05) is 11.8 Å². The Morgan fingerprint density at radius 2 is 2.17 bits per heavy atom. The van der Waals surface area contributed by atoms with Gasteiger partial charge in [-0.1, -0.05) is 18.5 Å². The number of hydrogen-bond donors (Lipinski definition) is 1. The molecule has 100 valence electrons.